The molecule has 0 saturated heterocycles. The molecule has 0 N–H and O–H groups in total. The molecule has 3 aliphatic heterocycles. The first-order valence-corrected chi connectivity index (χ1v) is 42.2. The highest BCUT2D eigenvalue weighted by atomic mass is 15.2. The molecule has 580 valence electrons. The van der Waals surface area contributed by atoms with Crippen LogP contribution in [0.1, 0.15) is 184 Å². The lowest BCUT2D eigenvalue weighted by Gasteiger charge is -2.43. The fraction of sp³-hybridized carbons (Fsp3) is 0.327. The second kappa shape index (κ2) is 26.0. The molecule has 8 heteroatoms. The van der Waals surface area contributed by atoms with Crippen molar-refractivity contribution in [3.8, 4) is 22.5 Å². The van der Waals surface area contributed by atoms with Crippen LogP contribution in [0.3, 0.4) is 0 Å². The Labute approximate surface area is 679 Å². The minimum absolute atomic E-state index is 0.0121. The van der Waals surface area contributed by atoms with E-state index in [4.69, 9.17) is 0 Å². The molecule has 0 aliphatic carbocycles. The summed E-state index contributed by atoms with van der Waals surface area (Å²) in [4.78, 5) is 0. The quantitative estimate of drug-likeness (QED) is 0.117. The molecular formula is C107H116N8+4. The van der Waals surface area contributed by atoms with Gasteiger partial charge in [-0.1, -0.05) is 305 Å². The summed E-state index contributed by atoms with van der Waals surface area (Å²) >= 11 is 0. The number of rotatable bonds is 6. The summed E-state index contributed by atoms with van der Waals surface area (Å²) in [5.74, 6) is 1.22. The maximum atomic E-state index is 2.59. The van der Waals surface area contributed by atoms with Crippen LogP contribution in [0.4, 0.5) is 0 Å². The Morgan fingerprint density at radius 3 is 1.31 bits per heavy atom. The lowest BCUT2D eigenvalue weighted by atomic mass is 9.60. The number of fused-ring (bicyclic) bond motifs is 15. The summed E-state index contributed by atoms with van der Waals surface area (Å²) in [6.07, 6.45) is 6.88. The van der Waals surface area contributed by atoms with Crippen LogP contribution in [0.2, 0.25) is 0 Å². The molecule has 0 amide bonds. The van der Waals surface area contributed by atoms with Crippen molar-refractivity contribution in [1.82, 2.24) is 17.8 Å². The highest BCUT2D eigenvalue weighted by molar-refractivity contribution is 6.17. The van der Waals surface area contributed by atoms with Crippen LogP contribution in [0, 0.1) is 46.5 Å². The van der Waals surface area contributed by atoms with Crippen molar-refractivity contribution in [3.63, 3.8) is 0 Å². The Balaban J connectivity index is 0.000000107. The van der Waals surface area contributed by atoms with Crippen molar-refractivity contribution >= 4 is 109 Å². The van der Waals surface area contributed by atoms with E-state index in [0.717, 1.165) is 12.8 Å². The van der Waals surface area contributed by atoms with Crippen LogP contribution in [-0.2, 0) is 73.5 Å². The molecule has 8 aromatic heterocycles. The molecule has 10 aromatic carbocycles. The molecule has 0 atom stereocenters. The second-order valence-electron chi connectivity index (χ2n) is 38.5. The smallest absolute Gasteiger partial charge is 0.232 e. The van der Waals surface area contributed by atoms with Gasteiger partial charge in [0, 0.05) is 110 Å². The zero-order chi connectivity index (χ0) is 81.3. The Morgan fingerprint density at radius 2 is 0.765 bits per heavy atom. The van der Waals surface area contributed by atoms with Gasteiger partial charge in [0.1, 0.15) is 40.2 Å². The maximum Gasteiger partial charge on any atom is 0.295 e. The molecule has 8 nitrogen and oxygen atoms in total. The van der Waals surface area contributed by atoms with Gasteiger partial charge in [-0.05, 0) is 91.8 Å². The first-order chi connectivity index (χ1) is 54.6. The highest BCUT2D eigenvalue weighted by Crippen LogP contribution is 2.56. The van der Waals surface area contributed by atoms with Crippen LogP contribution in [0.5, 0.6) is 0 Å². The lowest BCUT2D eigenvalue weighted by Crippen LogP contribution is -2.51. The third-order valence-corrected chi connectivity index (χ3v) is 29.5. The molecule has 0 fully saturated rings. The van der Waals surface area contributed by atoms with Gasteiger partial charge in [0.25, 0.3) is 22.6 Å². The SMILES string of the molecule is Cc1cccc2c3cccc4c3[n+]3c(c(C)n(C)c3c12)C(C)(C)C4(C)C.Cc1cccc2c3cccc4c3n3c(c(-c5ccccc5)[n+](C)c3c12)C(C)(C)C4(C)C.Cc1cccc2c3cccc4c3n3c(c[n+](C)c3c12)C(C)(C)C4(C)C.Cc1cccc2c3ccccc3n3c(-c4c(CC(C)C)cccc4CC(C)C)c[n+](C)c3c12. The number of para-hydroxylation sites is 4. The van der Waals surface area contributed by atoms with Crippen molar-refractivity contribution in [3.05, 3.63) is 285 Å². The normalized spacial score (nSPS) is 15.8. The summed E-state index contributed by atoms with van der Waals surface area (Å²) < 4.78 is 19.7. The van der Waals surface area contributed by atoms with Crippen molar-refractivity contribution in [2.75, 3.05) is 0 Å². The fourth-order valence-electron chi connectivity index (χ4n) is 21.7. The van der Waals surface area contributed by atoms with Gasteiger partial charge in [0.05, 0.1) is 49.7 Å². The number of hydrogen-bond acceptors (Lipinski definition) is 0. The summed E-state index contributed by atoms with van der Waals surface area (Å²) in [5, 5.41) is 16.3. The van der Waals surface area contributed by atoms with Gasteiger partial charge in [-0.25, -0.2) is 18.3 Å². The van der Waals surface area contributed by atoms with Gasteiger partial charge in [-0.3, -0.25) is 0 Å². The Hall–Kier alpha value is -11.0. The van der Waals surface area contributed by atoms with Crippen molar-refractivity contribution < 1.29 is 18.1 Å². The molecule has 115 heavy (non-hydrogen) atoms. The van der Waals surface area contributed by atoms with Crippen LogP contribution in [0.15, 0.2) is 213 Å². The predicted molar refractivity (Wildman–Crippen MR) is 484 cm³/mol. The average Bonchev–Trinajstić information content (AvgIpc) is 1.53. The molecule has 0 radical (unpaired) electrons. The van der Waals surface area contributed by atoms with Gasteiger partial charge in [0.2, 0.25) is 0 Å². The van der Waals surface area contributed by atoms with Gasteiger partial charge in [-0.2, -0.15) is 17.6 Å². The van der Waals surface area contributed by atoms with Crippen LogP contribution in [0.25, 0.3) is 132 Å². The third kappa shape index (κ3) is 10.3. The van der Waals surface area contributed by atoms with Gasteiger partial charge >= 0.3 is 0 Å². The Kier molecular flexibility index (Phi) is 17.1. The molecule has 0 bridgehead atoms. The zero-order valence-corrected chi connectivity index (χ0v) is 72.9. The van der Waals surface area contributed by atoms with E-state index in [1.807, 2.05) is 0 Å². The Morgan fingerprint density at radius 1 is 0.357 bits per heavy atom. The van der Waals surface area contributed by atoms with E-state index in [2.05, 4.69) is 422 Å². The molecule has 11 heterocycles. The predicted octanol–water partition coefficient (Wildman–Crippen LogP) is 24.3. The molecule has 18 aromatic rings. The van der Waals surface area contributed by atoms with Crippen molar-refractivity contribution in [1.29, 1.82) is 0 Å². The van der Waals surface area contributed by atoms with Gasteiger partial charge in [0.15, 0.2) is 28.5 Å². The van der Waals surface area contributed by atoms with E-state index >= 15 is 0 Å². The van der Waals surface area contributed by atoms with E-state index in [9.17, 15) is 0 Å². The highest BCUT2D eigenvalue weighted by Gasteiger charge is 2.55. The number of imidazole rings is 4. The number of benzene rings is 10. The largest absolute Gasteiger partial charge is 0.295 e. The van der Waals surface area contributed by atoms with Gasteiger partial charge < -0.3 is 0 Å². The van der Waals surface area contributed by atoms with Gasteiger partial charge in [-0.15, -0.1) is 0 Å². The second-order valence-corrected chi connectivity index (χ2v) is 38.5. The molecule has 0 spiro atoms. The number of hydrogen-bond donors (Lipinski definition) is 0. The lowest BCUT2D eigenvalue weighted by molar-refractivity contribution is -0.643. The average molecular weight is 1510 g/mol. The summed E-state index contributed by atoms with van der Waals surface area (Å²) in [7, 11) is 8.86. The number of pyridine rings is 4. The minimum Gasteiger partial charge on any atom is -0.232 e. The summed E-state index contributed by atoms with van der Waals surface area (Å²) in [5.41, 5.74) is 34.3. The fourth-order valence-corrected chi connectivity index (χ4v) is 21.7. The first kappa shape index (κ1) is 75.4. The topological polar surface area (TPSA) is 33.9 Å². The Bertz CT molecular complexity index is 7160. The minimum atomic E-state index is -0.0556. The summed E-state index contributed by atoms with van der Waals surface area (Å²) in [6.45, 7) is 49.4. The molecular weight excluding hydrogens is 1400 g/mol. The standard InChI is InChI=1S/C31H35N2.C29H29N2.C24H27N2.C23H25N2/c1-20(2)17-23-12-10-13-24(18-21(3)4)30(23)28-19-32(6)31-29-22(5)11-9-15-26(29)25-14-7-8-16-27(25)33(28)31;1-18-12-10-15-20-21-16-11-17-22-25(21)31-26(29(4,5)28(22,2)3)24(19-13-8-7-9-14-19)30(6)27(31)23(18)20;1-14-10-8-11-16-17-12-9-13-18-20(17)26-21(24(5,6)23(18,3)4)15(2)25(7)22(26)19(14)16;1-14-9-7-10-15-16-11-8-12-17-20(16)25-18(23(4,5)22(17,2)3)13-24(6)21(25)19(14)15/h7-16,19-21H,17-18H2,1-6H3;7-17H,1-6H3;8-13H,1-7H3;7-13H,1-6H3/q4*+1. The van der Waals surface area contributed by atoms with Crippen LogP contribution in [-0.4, -0.2) is 17.8 Å². The maximum absolute atomic E-state index is 2.59. The van der Waals surface area contributed by atoms with E-state index < -0.39 is 0 Å². The van der Waals surface area contributed by atoms with E-state index in [1.165, 1.54) is 205 Å². The molecule has 0 saturated carbocycles. The van der Waals surface area contributed by atoms with Crippen LogP contribution < -0.4 is 18.1 Å². The number of aryl methyl sites for hydroxylation is 8. The molecule has 21 rings (SSSR count). The first-order valence-electron chi connectivity index (χ1n) is 42.2. The number of aromatic nitrogens is 8. The molecule has 3 aliphatic rings. The van der Waals surface area contributed by atoms with Crippen LogP contribution >= 0.6 is 0 Å². The molecule has 0 unspecified atom stereocenters. The monoisotopic (exact) mass is 1510 g/mol. The van der Waals surface area contributed by atoms with Crippen molar-refractivity contribution in [2.24, 2.45) is 40.0 Å². The zero-order valence-electron chi connectivity index (χ0n) is 72.9. The number of nitrogens with zero attached hydrogens (tertiary/aromatic N) is 8. The van der Waals surface area contributed by atoms with Crippen molar-refractivity contribution in [2.45, 2.75) is 191 Å². The third-order valence-electron chi connectivity index (χ3n) is 29.5. The summed E-state index contributed by atoms with van der Waals surface area (Å²) in [6, 6.07) is 74.2. The van der Waals surface area contributed by atoms with E-state index in [-0.39, 0.29) is 32.5 Å². The van der Waals surface area contributed by atoms with E-state index in [0.29, 0.717) is 11.8 Å². The van der Waals surface area contributed by atoms with E-state index in [1.54, 1.807) is 0 Å².